The number of thiazole rings is 1. The quantitative estimate of drug-likeness (QED) is 0.277. The summed E-state index contributed by atoms with van der Waals surface area (Å²) in [7, 11) is 1.59. The molecule has 0 aliphatic heterocycles. The maximum atomic E-state index is 12.7. The van der Waals surface area contributed by atoms with E-state index in [9.17, 15) is 9.59 Å². The Balaban J connectivity index is 1.50. The van der Waals surface area contributed by atoms with Crippen LogP contribution in [0.25, 0.3) is 38.4 Å². The van der Waals surface area contributed by atoms with Crippen LogP contribution in [0.5, 0.6) is 5.75 Å². The molecule has 0 atom stereocenters. The van der Waals surface area contributed by atoms with Gasteiger partial charge in [-0.25, -0.2) is 4.98 Å². The number of nitrogens with two attached hydrogens (primary N) is 1. The molecule has 36 heavy (non-hydrogen) atoms. The third-order valence-corrected chi connectivity index (χ3v) is 6.69. The summed E-state index contributed by atoms with van der Waals surface area (Å²) < 4.78 is 11.5. The average Bonchev–Trinajstić information content (AvgIpc) is 3.48. The summed E-state index contributed by atoms with van der Waals surface area (Å²) in [6, 6.07) is 18.2. The van der Waals surface area contributed by atoms with Gasteiger partial charge < -0.3 is 14.9 Å². The van der Waals surface area contributed by atoms with Crippen molar-refractivity contribution < 1.29 is 18.7 Å². The summed E-state index contributed by atoms with van der Waals surface area (Å²) in [5, 5.41) is 8.04. The fourth-order valence-electron chi connectivity index (χ4n) is 4.24. The number of hydrogen-bond acceptors (Lipinski definition) is 6. The Morgan fingerprint density at radius 3 is 2.72 bits per heavy atom. The Bertz CT molecular complexity index is 1640. The second kappa shape index (κ2) is 9.67. The Morgan fingerprint density at radius 2 is 1.92 bits per heavy atom. The minimum atomic E-state index is -0.474. The number of rotatable bonds is 7. The number of nitrogens with one attached hydrogen (secondary N) is 1. The molecule has 0 aliphatic carbocycles. The number of aromatic nitrogens is 1. The van der Waals surface area contributed by atoms with E-state index in [0.717, 1.165) is 32.8 Å². The number of fused-ring (bicyclic) bond motifs is 2. The van der Waals surface area contributed by atoms with Crippen molar-refractivity contribution in [3.63, 3.8) is 0 Å². The van der Waals surface area contributed by atoms with Crippen LogP contribution < -0.4 is 15.8 Å². The summed E-state index contributed by atoms with van der Waals surface area (Å²) in [5.41, 5.74) is 9.95. The number of carbonyl (C=O) groups is 2. The first-order valence-corrected chi connectivity index (χ1v) is 12.1. The van der Waals surface area contributed by atoms with Gasteiger partial charge in [0.15, 0.2) is 5.13 Å². The maximum absolute atomic E-state index is 12.7. The highest BCUT2D eigenvalue weighted by molar-refractivity contribution is 7.14. The van der Waals surface area contributed by atoms with Gasteiger partial charge in [-0.15, -0.1) is 11.3 Å². The average molecular weight is 498 g/mol. The molecule has 2 heterocycles. The van der Waals surface area contributed by atoms with Crippen molar-refractivity contribution in [3.05, 3.63) is 83.6 Å². The van der Waals surface area contributed by atoms with Gasteiger partial charge in [0.25, 0.3) is 0 Å². The van der Waals surface area contributed by atoms with Gasteiger partial charge in [0.05, 0.1) is 25.5 Å². The molecule has 0 radical (unpaired) electrons. The molecule has 3 N–H and O–H groups in total. The number of benzene rings is 3. The summed E-state index contributed by atoms with van der Waals surface area (Å²) in [6.07, 6.45) is 3.28. The van der Waals surface area contributed by atoms with Gasteiger partial charge in [-0.2, -0.15) is 0 Å². The second-order valence-corrected chi connectivity index (χ2v) is 9.19. The van der Waals surface area contributed by atoms with Crippen molar-refractivity contribution in [1.29, 1.82) is 0 Å². The van der Waals surface area contributed by atoms with Crippen molar-refractivity contribution >= 4 is 55.6 Å². The molecule has 7 nitrogen and oxygen atoms in total. The Hall–Kier alpha value is -4.43. The third kappa shape index (κ3) is 4.58. The van der Waals surface area contributed by atoms with E-state index in [2.05, 4.69) is 34.6 Å². The molecule has 180 valence electrons. The maximum Gasteiger partial charge on any atom is 0.250 e. The number of amides is 2. The number of anilines is 1. The van der Waals surface area contributed by atoms with Gasteiger partial charge in [0, 0.05) is 34.0 Å². The molecule has 0 unspecified atom stereocenters. The molecule has 0 saturated heterocycles. The van der Waals surface area contributed by atoms with Crippen LogP contribution in [0, 0.1) is 0 Å². The van der Waals surface area contributed by atoms with Gasteiger partial charge in [-0.1, -0.05) is 42.5 Å². The minimum Gasteiger partial charge on any atom is -0.496 e. The van der Waals surface area contributed by atoms with Crippen LogP contribution in [0.4, 0.5) is 5.13 Å². The number of hydrogen-bond donors (Lipinski definition) is 2. The molecule has 5 aromatic rings. The molecule has 0 saturated carbocycles. The van der Waals surface area contributed by atoms with E-state index in [1.807, 2.05) is 37.3 Å². The molecular weight excluding hydrogens is 474 g/mol. The highest BCUT2D eigenvalue weighted by Gasteiger charge is 2.16. The lowest BCUT2D eigenvalue weighted by atomic mass is 9.96. The topological polar surface area (TPSA) is 107 Å². The first kappa shape index (κ1) is 23.3. The number of primary amides is 1. The number of allylic oxidation sites excluding steroid dienone is 1. The Labute approximate surface area is 211 Å². The smallest absolute Gasteiger partial charge is 0.250 e. The predicted octanol–water partition coefficient (Wildman–Crippen LogP) is 5.79. The van der Waals surface area contributed by atoms with E-state index < -0.39 is 5.91 Å². The molecule has 2 amide bonds. The third-order valence-electron chi connectivity index (χ3n) is 5.89. The van der Waals surface area contributed by atoms with Crippen LogP contribution in [-0.2, 0) is 16.0 Å². The van der Waals surface area contributed by atoms with E-state index in [-0.39, 0.29) is 12.3 Å². The lowest BCUT2D eigenvalue weighted by Gasteiger charge is -2.10. The standard InChI is InChI=1S/C28H23N3O4S/c1-16(10-27(33)31-28-30-18(15-36-28)11-26(29)32)21-12-22-23(14-35-25(22)13-24(21)34-2)20-9-5-7-17-6-3-4-8-19(17)20/h3-10,12-15H,11H2,1-2H3,(H2,29,32)(H,30,31,33)/b16-10+. The highest BCUT2D eigenvalue weighted by Crippen LogP contribution is 2.39. The lowest BCUT2D eigenvalue weighted by molar-refractivity contribution is -0.117. The summed E-state index contributed by atoms with van der Waals surface area (Å²) in [4.78, 5) is 28.0. The van der Waals surface area contributed by atoms with Crippen molar-refractivity contribution in [2.75, 3.05) is 12.4 Å². The van der Waals surface area contributed by atoms with Crippen molar-refractivity contribution in [2.24, 2.45) is 5.73 Å². The van der Waals surface area contributed by atoms with E-state index in [0.29, 0.717) is 27.7 Å². The Kier molecular flexibility index (Phi) is 6.26. The van der Waals surface area contributed by atoms with Gasteiger partial charge in [0.1, 0.15) is 11.3 Å². The zero-order chi connectivity index (χ0) is 25.2. The summed E-state index contributed by atoms with van der Waals surface area (Å²) in [5.74, 6) is -0.213. The van der Waals surface area contributed by atoms with E-state index in [4.69, 9.17) is 14.9 Å². The van der Waals surface area contributed by atoms with Crippen molar-refractivity contribution in [3.8, 4) is 16.9 Å². The number of nitrogens with zero attached hydrogens (tertiary/aromatic N) is 1. The van der Waals surface area contributed by atoms with Gasteiger partial charge in [-0.05, 0) is 34.9 Å². The Morgan fingerprint density at radius 1 is 1.11 bits per heavy atom. The van der Waals surface area contributed by atoms with E-state index in [1.165, 1.54) is 17.4 Å². The largest absolute Gasteiger partial charge is 0.496 e. The lowest BCUT2D eigenvalue weighted by Crippen LogP contribution is -2.14. The van der Waals surface area contributed by atoms with Crippen LogP contribution in [0.15, 0.2) is 76.7 Å². The molecule has 3 aromatic carbocycles. The molecule has 2 aromatic heterocycles. The second-order valence-electron chi connectivity index (χ2n) is 8.33. The van der Waals surface area contributed by atoms with Crippen molar-refractivity contribution in [1.82, 2.24) is 4.98 Å². The zero-order valence-corrected chi connectivity index (χ0v) is 20.5. The van der Waals surface area contributed by atoms with Crippen LogP contribution in [0.2, 0.25) is 0 Å². The normalized spacial score (nSPS) is 11.7. The van der Waals surface area contributed by atoms with Crippen LogP contribution in [-0.4, -0.2) is 23.9 Å². The van der Waals surface area contributed by atoms with Gasteiger partial charge in [-0.3, -0.25) is 14.9 Å². The van der Waals surface area contributed by atoms with Crippen molar-refractivity contribution in [2.45, 2.75) is 13.3 Å². The molecule has 5 rings (SSSR count). The number of furan rings is 1. The SMILES string of the molecule is COc1cc2occ(-c3cccc4ccccc34)c2cc1/C(C)=C/C(=O)Nc1nc(CC(N)=O)cs1. The van der Waals surface area contributed by atoms with E-state index >= 15 is 0 Å². The molecule has 8 heteroatoms. The molecule has 0 spiro atoms. The molecule has 0 fully saturated rings. The monoisotopic (exact) mass is 497 g/mol. The first-order chi connectivity index (χ1) is 17.4. The van der Waals surface area contributed by atoms with Crippen LogP contribution in [0.3, 0.4) is 0 Å². The predicted molar refractivity (Wildman–Crippen MR) is 143 cm³/mol. The fourth-order valence-corrected chi connectivity index (χ4v) is 4.95. The van der Waals surface area contributed by atoms with Gasteiger partial charge >= 0.3 is 0 Å². The number of carbonyl (C=O) groups excluding carboxylic acids is 2. The van der Waals surface area contributed by atoms with Crippen LogP contribution in [0.1, 0.15) is 18.2 Å². The first-order valence-electron chi connectivity index (χ1n) is 11.2. The number of methoxy groups -OCH3 is 1. The zero-order valence-electron chi connectivity index (χ0n) is 19.7. The highest BCUT2D eigenvalue weighted by atomic mass is 32.1. The van der Waals surface area contributed by atoms with E-state index in [1.54, 1.807) is 18.8 Å². The van der Waals surface area contributed by atoms with Gasteiger partial charge in [0.2, 0.25) is 11.8 Å². The minimum absolute atomic E-state index is 0.0299. The molecular formula is C28H23N3O4S. The summed E-state index contributed by atoms with van der Waals surface area (Å²) in [6.45, 7) is 1.85. The molecule has 0 aliphatic rings. The molecule has 0 bridgehead atoms. The summed E-state index contributed by atoms with van der Waals surface area (Å²) >= 11 is 1.24. The number of ether oxygens (including phenoxy) is 1. The van der Waals surface area contributed by atoms with Crippen LogP contribution >= 0.6 is 11.3 Å². The fraction of sp³-hybridized carbons (Fsp3) is 0.107.